The van der Waals surface area contributed by atoms with Crippen LogP contribution in [0.5, 0.6) is 0 Å². The van der Waals surface area contributed by atoms with Gasteiger partial charge in [-0.2, -0.15) is 0 Å². The van der Waals surface area contributed by atoms with Gasteiger partial charge in [0.2, 0.25) is 0 Å². The minimum atomic E-state index is -3.29. The van der Waals surface area contributed by atoms with Crippen LogP contribution in [-0.2, 0) is 0 Å². The Balaban J connectivity index is 1.23. The molecule has 2 heterocycles. The second-order valence-corrected chi connectivity index (χ2v) is 18.3. The Kier molecular flexibility index (Phi) is 6.70. The van der Waals surface area contributed by atoms with E-state index in [0.29, 0.717) is 5.56 Å². The van der Waals surface area contributed by atoms with Crippen molar-refractivity contribution in [2.45, 2.75) is 0 Å². The van der Waals surface area contributed by atoms with Crippen molar-refractivity contribution in [3.05, 3.63) is 230 Å². The third-order valence-corrected chi connectivity index (χ3v) is 16.3. The van der Waals surface area contributed by atoms with Gasteiger partial charge in [-0.1, -0.05) is 182 Å². The van der Waals surface area contributed by atoms with Gasteiger partial charge in [-0.15, -0.1) is 0 Å². The predicted molar refractivity (Wildman–Crippen MR) is 244 cm³/mol. The number of benzene rings is 9. The molecule has 0 atom stereocenters. The molecule has 0 N–H and O–H groups in total. The smallest absolute Gasteiger partial charge is 0.180 e. The first kappa shape index (κ1) is 28.2. The average Bonchev–Trinajstić information content (AvgIpc) is 3.85. The number of para-hydroxylation sites is 3. The van der Waals surface area contributed by atoms with Crippen LogP contribution in [0.2, 0.25) is 0 Å². The first-order valence-corrected chi connectivity index (χ1v) is 21.3. The first-order chi connectivity index (χ1) is 30.4. The fourth-order valence-corrected chi connectivity index (χ4v) is 14.2. The lowest BCUT2D eigenvalue weighted by Gasteiger charge is -2.35. The van der Waals surface area contributed by atoms with Crippen LogP contribution in [0.1, 0.15) is 6.85 Å². The van der Waals surface area contributed by atoms with Gasteiger partial charge in [0, 0.05) is 32.9 Å². The van der Waals surface area contributed by atoms with E-state index in [0.717, 1.165) is 49.4 Å². The maximum Gasteiger partial charge on any atom is 0.180 e. The number of nitrogens with zero attached hydrogens (tertiary/aromatic N) is 2. The molecule has 0 unspecified atom stereocenters. The summed E-state index contributed by atoms with van der Waals surface area (Å²) in [6.45, 7) is 0. The minimum absolute atomic E-state index is 0.195. The van der Waals surface area contributed by atoms with Crippen molar-refractivity contribution < 1.29 is 6.85 Å². The maximum atomic E-state index is 8.95. The summed E-state index contributed by atoms with van der Waals surface area (Å²) in [5.74, 6) is 0. The first-order valence-electron chi connectivity index (χ1n) is 21.8. The molecule has 0 aliphatic rings. The van der Waals surface area contributed by atoms with Gasteiger partial charge in [-0.3, -0.25) is 0 Å². The molecular formula is C54H38N2Si. The zero-order valence-corrected chi connectivity index (χ0v) is 31.9. The molecule has 268 valence electrons. The fraction of sp³-hybridized carbons (Fsp3) is 0. The Hall–Kier alpha value is -7.20. The SMILES string of the molecule is [2H]c1c([2H])c([2H])c(-c2cccc([Si](c3ccccc3)(c3ccccc3)c3cccc4c3c3ccccc3n4-c3ccc4c(c3)c3ccccc3n4-c3ccccc3)c2)c([2H])c1[2H]. The number of hydrogen-bond acceptors (Lipinski definition) is 0. The molecule has 11 aromatic rings. The highest BCUT2D eigenvalue weighted by Gasteiger charge is 2.43. The molecule has 0 aliphatic carbocycles. The lowest BCUT2D eigenvalue weighted by Crippen LogP contribution is -2.74. The van der Waals surface area contributed by atoms with Gasteiger partial charge in [-0.05, 0) is 80.4 Å². The average molecular weight is 748 g/mol. The van der Waals surface area contributed by atoms with Crippen molar-refractivity contribution in [3.8, 4) is 22.5 Å². The van der Waals surface area contributed by atoms with Crippen molar-refractivity contribution in [2.24, 2.45) is 0 Å². The molecule has 3 heteroatoms. The monoisotopic (exact) mass is 747 g/mol. The molecule has 0 fully saturated rings. The van der Waals surface area contributed by atoms with Crippen LogP contribution in [0, 0.1) is 0 Å². The van der Waals surface area contributed by atoms with Gasteiger partial charge in [-0.25, -0.2) is 0 Å². The van der Waals surface area contributed by atoms with E-state index in [2.05, 4.69) is 185 Å². The predicted octanol–water partition coefficient (Wildman–Crippen LogP) is 10.9. The van der Waals surface area contributed by atoms with Crippen LogP contribution < -0.4 is 20.7 Å². The molecule has 0 spiro atoms. The Bertz CT molecular complexity index is 3460. The topological polar surface area (TPSA) is 9.86 Å². The summed E-state index contributed by atoms with van der Waals surface area (Å²) >= 11 is 0. The quantitative estimate of drug-likeness (QED) is 0.114. The van der Waals surface area contributed by atoms with Gasteiger partial charge < -0.3 is 9.13 Å². The van der Waals surface area contributed by atoms with Crippen molar-refractivity contribution in [1.29, 1.82) is 0 Å². The second kappa shape index (κ2) is 13.5. The van der Waals surface area contributed by atoms with E-state index >= 15 is 0 Å². The van der Waals surface area contributed by atoms with E-state index in [1.54, 1.807) is 0 Å². The highest BCUT2D eigenvalue weighted by molar-refractivity contribution is 7.20. The molecule has 0 aliphatic heterocycles. The number of aromatic nitrogens is 2. The van der Waals surface area contributed by atoms with Crippen LogP contribution in [0.15, 0.2) is 230 Å². The van der Waals surface area contributed by atoms with E-state index < -0.39 is 14.1 Å². The summed E-state index contributed by atoms with van der Waals surface area (Å²) in [5.41, 5.74) is 7.43. The second-order valence-electron chi connectivity index (χ2n) is 14.5. The molecular weight excluding hydrogens is 705 g/mol. The van der Waals surface area contributed by atoms with E-state index in [-0.39, 0.29) is 29.7 Å². The number of rotatable bonds is 7. The van der Waals surface area contributed by atoms with E-state index in [9.17, 15) is 0 Å². The van der Waals surface area contributed by atoms with E-state index in [1.165, 1.54) is 26.3 Å². The normalized spacial score (nSPS) is 13.1. The van der Waals surface area contributed by atoms with Crippen molar-refractivity contribution in [2.75, 3.05) is 0 Å². The summed E-state index contributed by atoms with van der Waals surface area (Å²) < 4.78 is 48.0. The molecule has 0 bridgehead atoms. The van der Waals surface area contributed by atoms with Gasteiger partial charge in [0.15, 0.2) is 8.07 Å². The molecule has 0 amide bonds. The molecule has 0 saturated heterocycles. The largest absolute Gasteiger partial charge is 0.309 e. The molecule has 0 radical (unpaired) electrons. The highest BCUT2D eigenvalue weighted by atomic mass is 28.3. The van der Waals surface area contributed by atoms with Crippen LogP contribution in [0.3, 0.4) is 0 Å². The standard InChI is InChI=1S/C54H38N2Si/c1-5-19-39(20-6-1)40-21-17-28-45(37-40)57(43-24-9-3-10-25-43,44-26-11-4-12-27-44)53-34-18-33-52-54(53)47-30-14-16-32-50(47)56(52)42-35-36-51-48(38-42)46-29-13-15-31-49(46)55(51)41-22-7-2-8-23-41/h1-38H/i1D,5D,6D,19D,20D. The Morgan fingerprint density at radius 3 is 1.61 bits per heavy atom. The lowest BCUT2D eigenvalue weighted by atomic mass is 10.1. The Morgan fingerprint density at radius 1 is 0.351 bits per heavy atom. The summed E-state index contributed by atoms with van der Waals surface area (Å²) in [7, 11) is -3.29. The summed E-state index contributed by atoms with van der Waals surface area (Å²) in [5, 5.41) is 9.23. The molecule has 2 nitrogen and oxygen atoms in total. The van der Waals surface area contributed by atoms with Crippen molar-refractivity contribution >= 4 is 72.4 Å². The van der Waals surface area contributed by atoms with Crippen molar-refractivity contribution in [1.82, 2.24) is 9.13 Å². The molecule has 2 aromatic heterocycles. The van der Waals surface area contributed by atoms with Gasteiger partial charge >= 0.3 is 0 Å². The highest BCUT2D eigenvalue weighted by Crippen LogP contribution is 2.37. The number of hydrogen-bond donors (Lipinski definition) is 0. The lowest BCUT2D eigenvalue weighted by molar-refractivity contribution is 1.17. The van der Waals surface area contributed by atoms with Gasteiger partial charge in [0.1, 0.15) is 0 Å². The van der Waals surface area contributed by atoms with Gasteiger partial charge in [0.25, 0.3) is 0 Å². The Morgan fingerprint density at radius 2 is 0.895 bits per heavy atom. The molecule has 11 rings (SSSR count). The molecule has 9 aromatic carbocycles. The zero-order chi connectivity index (χ0) is 42.1. The van der Waals surface area contributed by atoms with Crippen LogP contribution in [-0.4, -0.2) is 17.2 Å². The van der Waals surface area contributed by atoms with Gasteiger partial charge in [0.05, 0.1) is 28.9 Å². The third-order valence-electron chi connectivity index (χ3n) is 11.5. The third kappa shape index (κ3) is 5.17. The van der Waals surface area contributed by atoms with Crippen LogP contribution in [0.25, 0.3) is 66.1 Å². The van der Waals surface area contributed by atoms with Crippen LogP contribution >= 0.6 is 0 Å². The maximum absolute atomic E-state index is 8.95. The number of fused-ring (bicyclic) bond motifs is 6. The minimum Gasteiger partial charge on any atom is -0.309 e. The summed E-state index contributed by atoms with van der Waals surface area (Å²) in [4.78, 5) is 0. The van der Waals surface area contributed by atoms with E-state index in [1.807, 2.05) is 24.3 Å². The fourth-order valence-electron chi connectivity index (χ4n) is 9.21. The summed E-state index contributed by atoms with van der Waals surface area (Å²) in [6, 6.07) is 69.3. The molecule has 57 heavy (non-hydrogen) atoms. The van der Waals surface area contributed by atoms with Crippen molar-refractivity contribution in [3.63, 3.8) is 0 Å². The summed E-state index contributed by atoms with van der Waals surface area (Å²) in [6.07, 6.45) is 0. The van der Waals surface area contributed by atoms with E-state index in [4.69, 9.17) is 6.85 Å². The Labute approximate surface area is 340 Å². The zero-order valence-electron chi connectivity index (χ0n) is 35.9. The molecule has 0 saturated carbocycles. The van der Waals surface area contributed by atoms with Crippen LogP contribution in [0.4, 0.5) is 0 Å².